The summed E-state index contributed by atoms with van der Waals surface area (Å²) in [5.74, 6) is 0.0979. The van der Waals surface area contributed by atoms with Crippen LogP contribution in [0.15, 0.2) is 16.6 Å². The van der Waals surface area contributed by atoms with E-state index in [-0.39, 0.29) is 17.5 Å². The van der Waals surface area contributed by atoms with E-state index >= 15 is 0 Å². The minimum absolute atomic E-state index is 0.0150. The number of nitrogens with zero attached hydrogens (tertiary/aromatic N) is 1. The zero-order valence-electron chi connectivity index (χ0n) is 11.5. The number of amides is 1. The Morgan fingerprint density at radius 2 is 2.20 bits per heavy atom. The van der Waals surface area contributed by atoms with Crippen LogP contribution in [0.3, 0.4) is 0 Å². The first-order valence-electron chi connectivity index (χ1n) is 6.29. The number of benzene rings is 1. The van der Waals surface area contributed by atoms with E-state index in [2.05, 4.69) is 21.2 Å². The normalized spacial score (nSPS) is 12.0. The molecule has 1 rings (SSSR count). The van der Waals surface area contributed by atoms with Gasteiger partial charge in [0.05, 0.1) is 10.6 Å². The number of hydrogen-bond donors (Lipinski definition) is 2. The van der Waals surface area contributed by atoms with E-state index in [4.69, 9.17) is 5.73 Å². The minimum atomic E-state index is -0.464. The number of carbonyl (C=O) groups excluding carboxylic acids is 1. The van der Waals surface area contributed by atoms with E-state index in [1.165, 1.54) is 6.07 Å². The maximum absolute atomic E-state index is 11.8. The second-order valence-corrected chi connectivity index (χ2v) is 5.66. The molecule has 1 aromatic rings. The molecule has 0 saturated carbocycles. The van der Waals surface area contributed by atoms with Gasteiger partial charge in [-0.25, -0.2) is 0 Å². The quantitative estimate of drug-likeness (QED) is 0.612. The topological polar surface area (TPSA) is 98.3 Å². The number of aryl methyl sites for hydroxylation is 1. The Morgan fingerprint density at radius 3 is 2.75 bits per heavy atom. The van der Waals surface area contributed by atoms with Crippen molar-refractivity contribution in [1.29, 1.82) is 0 Å². The van der Waals surface area contributed by atoms with Crippen molar-refractivity contribution in [2.24, 2.45) is 11.7 Å². The van der Waals surface area contributed by atoms with Gasteiger partial charge in [0.2, 0.25) is 5.91 Å². The summed E-state index contributed by atoms with van der Waals surface area (Å²) >= 11 is 3.30. The molecule has 0 aliphatic heterocycles. The molecule has 0 aliphatic rings. The summed E-state index contributed by atoms with van der Waals surface area (Å²) in [6, 6.07) is 2.99. The Balaban J connectivity index is 2.79. The number of nitrogens with two attached hydrogens (primary N) is 1. The Labute approximate surface area is 126 Å². The molecule has 1 atom stereocenters. The number of rotatable bonds is 6. The van der Waals surface area contributed by atoms with Gasteiger partial charge in [-0.2, -0.15) is 0 Å². The summed E-state index contributed by atoms with van der Waals surface area (Å²) < 4.78 is 0.626. The second kappa shape index (κ2) is 7.35. The number of nitro groups is 1. The minimum Gasteiger partial charge on any atom is -0.330 e. The van der Waals surface area contributed by atoms with Gasteiger partial charge in [0, 0.05) is 22.5 Å². The molecule has 0 saturated heterocycles. The fraction of sp³-hybridized carbons (Fsp3) is 0.462. The van der Waals surface area contributed by atoms with Crippen molar-refractivity contribution >= 4 is 33.2 Å². The Bertz CT molecular complexity index is 520. The number of anilines is 1. The third-order valence-corrected chi connectivity index (χ3v) is 3.68. The molecular weight excluding hydrogens is 326 g/mol. The summed E-state index contributed by atoms with van der Waals surface area (Å²) in [5.41, 5.74) is 6.42. The summed E-state index contributed by atoms with van der Waals surface area (Å²) in [4.78, 5) is 22.2. The van der Waals surface area contributed by atoms with Crippen LogP contribution in [0.25, 0.3) is 0 Å². The molecule has 1 amide bonds. The molecular formula is C13H18BrN3O3. The predicted octanol–water partition coefficient (Wildman–Crippen LogP) is 2.98. The first-order chi connectivity index (χ1) is 9.35. The molecule has 3 N–H and O–H groups in total. The average Bonchev–Trinajstić information content (AvgIpc) is 2.38. The molecule has 1 unspecified atom stereocenters. The summed E-state index contributed by atoms with van der Waals surface area (Å²) in [7, 11) is 0. The van der Waals surface area contributed by atoms with Gasteiger partial charge < -0.3 is 11.1 Å². The molecule has 110 valence electrons. The second-order valence-electron chi connectivity index (χ2n) is 4.80. The lowest BCUT2D eigenvalue weighted by Crippen LogP contribution is -2.16. The predicted molar refractivity (Wildman–Crippen MR) is 81.6 cm³/mol. The highest BCUT2D eigenvalue weighted by Crippen LogP contribution is 2.30. The number of nitro benzene ring substituents is 1. The van der Waals surface area contributed by atoms with E-state index in [0.29, 0.717) is 35.1 Å². The first-order valence-corrected chi connectivity index (χ1v) is 7.09. The van der Waals surface area contributed by atoms with Crippen molar-refractivity contribution in [3.8, 4) is 0 Å². The van der Waals surface area contributed by atoms with Gasteiger partial charge >= 0.3 is 0 Å². The lowest BCUT2D eigenvalue weighted by atomic mass is 10.1. The van der Waals surface area contributed by atoms with E-state index in [9.17, 15) is 14.9 Å². The van der Waals surface area contributed by atoms with Gasteiger partial charge in [-0.05, 0) is 47.8 Å². The number of nitrogens with one attached hydrogen (secondary N) is 1. The molecule has 20 heavy (non-hydrogen) atoms. The van der Waals surface area contributed by atoms with Gasteiger partial charge in [-0.15, -0.1) is 0 Å². The van der Waals surface area contributed by atoms with Crippen molar-refractivity contribution in [1.82, 2.24) is 0 Å². The van der Waals surface area contributed by atoms with E-state index in [0.717, 1.165) is 0 Å². The molecule has 7 heteroatoms. The molecule has 0 heterocycles. The molecule has 0 bridgehead atoms. The molecule has 0 aromatic heterocycles. The monoisotopic (exact) mass is 343 g/mol. The van der Waals surface area contributed by atoms with Gasteiger partial charge in [0.1, 0.15) is 0 Å². The third-order valence-electron chi connectivity index (χ3n) is 3.02. The van der Waals surface area contributed by atoms with Crippen LogP contribution < -0.4 is 11.1 Å². The molecule has 0 fully saturated rings. The smallest absolute Gasteiger partial charge is 0.274 e. The van der Waals surface area contributed by atoms with Crippen LogP contribution in [-0.4, -0.2) is 17.4 Å². The van der Waals surface area contributed by atoms with Crippen LogP contribution in [0, 0.1) is 23.0 Å². The molecule has 6 nitrogen and oxygen atoms in total. The highest BCUT2D eigenvalue weighted by atomic mass is 79.9. The van der Waals surface area contributed by atoms with Crippen LogP contribution in [0.1, 0.15) is 25.3 Å². The number of halogens is 1. The SMILES string of the molecule is Cc1cc(Br)c(NC(=O)CCC(C)CN)cc1[N+](=O)[O-]. The van der Waals surface area contributed by atoms with E-state index in [1.807, 2.05) is 6.92 Å². The van der Waals surface area contributed by atoms with Gasteiger partial charge in [0.25, 0.3) is 5.69 Å². The van der Waals surface area contributed by atoms with Crippen molar-refractivity contribution < 1.29 is 9.72 Å². The van der Waals surface area contributed by atoms with Crippen molar-refractivity contribution in [2.45, 2.75) is 26.7 Å². The Hall–Kier alpha value is -1.47. The van der Waals surface area contributed by atoms with Crippen molar-refractivity contribution in [3.05, 3.63) is 32.3 Å². The molecule has 1 aromatic carbocycles. The van der Waals surface area contributed by atoms with Crippen LogP contribution >= 0.6 is 15.9 Å². The first kappa shape index (κ1) is 16.6. The highest BCUT2D eigenvalue weighted by Gasteiger charge is 2.16. The molecule has 0 aliphatic carbocycles. The van der Waals surface area contributed by atoms with Crippen LogP contribution in [0.4, 0.5) is 11.4 Å². The third kappa shape index (κ3) is 4.57. The van der Waals surface area contributed by atoms with Crippen LogP contribution in [-0.2, 0) is 4.79 Å². The van der Waals surface area contributed by atoms with Crippen molar-refractivity contribution in [3.63, 3.8) is 0 Å². The average molecular weight is 344 g/mol. The lowest BCUT2D eigenvalue weighted by molar-refractivity contribution is -0.385. The van der Waals surface area contributed by atoms with E-state index < -0.39 is 4.92 Å². The molecule has 0 spiro atoms. The highest BCUT2D eigenvalue weighted by molar-refractivity contribution is 9.10. The lowest BCUT2D eigenvalue weighted by Gasteiger charge is -2.10. The summed E-state index contributed by atoms with van der Waals surface area (Å²) in [6.07, 6.45) is 1.03. The van der Waals surface area contributed by atoms with Gasteiger partial charge in [-0.1, -0.05) is 6.92 Å². The van der Waals surface area contributed by atoms with Crippen LogP contribution in [0.5, 0.6) is 0 Å². The number of carbonyl (C=O) groups is 1. The standard InChI is InChI=1S/C13H18BrN3O3/c1-8(7-15)3-4-13(18)16-11-6-12(17(19)20)9(2)5-10(11)14/h5-6,8H,3-4,7,15H2,1-2H3,(H,16,18). The zero-order chi connectivity index (χ0) is 15.3. The van der Waals surface area contributed by atoms with Crippen LogP contribution in [0.2, 0.25) is 0 Å². The summed E-state index contributed by atoms with van der Waals surface area (Å²) in [5, 5.41) is 13.6. The molecule has 0 radical (unpaired) electrons. The van der Waals surface area contributed by atoms with Gasteiger partial charge in [0.15, 0.2) is 0 Å². The Morgan fingerprint density at radius 1 is 1.55 bits per heavy atom. The van der Waals surface area contributed by atoms with E-state index in [1.54, 1.807) is 13.0 Å². The maximum atomic E-state index is 11.8. The largest absolute Gasteiger partial charge is 0.330 e. The fourth-order valence-electron chi connectivity index (χ4n) is 1.66. The fourth-order valence-corrected chi connectivity index (χ4v) is 2.22. The van der Waals surface area contributed by atoms with Crippen molar-refractivity contribution in [2.75, 3.05) is 11.9 Å². The number of hydrogen-bond acceptors (Lipinski definition) is 4. The summed E-state index contributed by atoms with van der Waals surface area (Å²) in [6.45, 7) is 4.16. The zero-order valence-corrected chi connectivity index (χ0v) is 13.1. The Kier molecular flexibility index (Phi) is 6.09. The maximum Gasteiger partial charge on any atom is 0.274 e. The van der Waals surface area contributed by atoms with Gasteiger partial charge in [-0.3, -0.25) is 14.9 Å².